The third kappa shape index (κ3) is 5.40. The van der Waals surface area contributed by atoms with Crippen molar-refractivity contribution in [2.75, 3.05) is 6.61 Å². The van der Waals surface area contributed by atoms with E-state index in [1.165, 1.54) is 11.4 Å². The average molecular weight is 343 g/mol. The molecule has 0 aliphatic carbocycles. The smallest absolute Gasteiger partial charge is 0.417 e. The van der Waals surface area contributed by atoms with E-state index in [1.54, 1.807) is 31.2 Å². The molecule has 0 heterocycles. The van der Waals surface area contributed by atoms with Gasteiger partial charge in [-0.2, -0.15) is 0 Å². The second-order valence-corrected chi connectivity index (χ2v) is 8.60. The molecule has 2 rings (SSSR count). The van der Waals surface area contributed by atoms with Crippen LogP contribution < -0.4 is 4.52 Å². The van der Waals surface area contributed by atoms with E-state index in [0.29, 0.717) is 23.1 Å². The third-order valence-electron chi connectivity index (χ3n) is 2.55. The summed E-state index contributed by atoms with van der Waals surface area (Å²) in [7, 11) is 0. The third-order valence-corrected chi connectivity index (χ3v) is 6.47. The van der Waals surface area contributed by atoms with E-state index in [4.69, 9.17) is 20.6 Å². The van der Waals surface area contributed by atoms with E-state index in [0.717, 1.165) is 5.56 Å². The molecule has 1 atom stereocenters. The molecular weight excluding hydrogens is 327 g/mol. The van der Waals surface area contributed by atoms with Crippen molar-refractivity contribution in [1.29, 1.82) is 0 Å². The molecule has 0 bridgehead atoms. The van der Waals surface area contributed by atoms with Crippen LogP contribution in [0.25, 0.3) is 0 Å². The zero-order valence-corrected chi connectivity index (χ0v) is 14.0. The Bertz CT molecular complexity index is 604. The highest BCUT2D eigenvalue weighted by Gasteiger charge is 2.26. The number of benzene rings is 2. The average Bonchev–Trinajstić information content (AvgIpc) is 2.48. The van der Waals surface area contributed by atoms with Crippen LogP contribution >= 0.6 is 29.8 Å². The van der Waals surface area contributed by atoms with Crippen LogP contribution in [0.1, 0.15) is 12.5 Å². The number of para-hydroxylation sites is 1. The van der Waals surface area contributed by atoms with Crippen LogP contribution in [-0.4, -0.2) is 6.61 Å². The van der Waals surface area contributed by atoms with Crippen LogP contribution in [-0.2, 0) is 14.8 Å². The fraction of sp³-hybridized carbons (Fsp3) is 0.200. The van der Waals surface area contributed by atoms with Crippen LogP contribution in [0.3, 0.4) is 0 Å². The lowest BCUT2D eigenvalue weighted by Gasteiger charge is -2.17. The first-order chi connectivity index (χ1) is 10.1. The largest absolute Gasteiger partial charge is 0.440 e. The van der Waals surface area contributed by atoms with E-state index in [9.17, 15) is 4.57 Å². The normalized spacial score (nSPS) is 13.6. The highest BCUT2D eigenvalue weighted by atomic mass is 35.5. The number of hydrogen-bond acceptors (Lipinski definition) is 4. The van der Waals surface area contributed by atoms with Crippen LogP contribution in [0.15, 0.2) is 54.6 Å². The highest BCUT2D eigenvalue weighted by molar-refractivity contribution is 8.54. The van der Waals surface area contributed by atoms with E-state index < -0.39 is 6.80 Å². The van der Waals surface area contributed by atoms with E-state index in [2.05, 4.69) is 0 Å². The second-order valence-electron chi connectivity index (χ2n) is 4.17. The standard InChI is InChI=1S/C15H16ClO3PS/c1-2-18-20(17,19-15-6-4-3-5-7-15)21-12-13-8-10-14(16)11-9-13/h3-11H,2,12H2,1H3. The maximum Gasteiger partial charge on any atom is 0.440 e. The molecule has 0 radical (unpaired) electrons. The first-order valence-electron chi connectivity index (χ1n) is 6.49. The SMILES string of the molecule is CCOP(=O)(Oc1ccccc1)SCc1ccc(Cl)cc1. The van der Waals surface area contributed by atoms with Crippen molar-refractivity contribution in [3.05, 3.63) is 65.2 Å². The lowest BCUT2D eigenvalue weighted by Crippen LogP contribution is -1.95. The molecule has 0 spiro atoms. The van der Waals surface area contributed by atoms with Gasteiger partial charge in [-0.1, -0.05) is 41.9 Å². The Balaban J connectivity index is 2.03. The summed E-state index contributed by atoms with van der Waals surface area (Å²) in [5.41, 5.74) is 1.01. The maximum atomic E-state index is 12.7. The predicted octanol–water partition coefficient (Wildman–Crippen LogP) is 5.80. The minimum atomic E-state index is -3.23. The van der Waals surface area contributed by atoms with Crippen LogP contribution in [0.5, 0.6) is 5.75 Å². The number of rotatable bonds is 7. The zero-order valence-electron chi connectivity index (χ0n) is 11.6. The molecule has 0 amide bonds. The Morgan fingerprint density at radius 1 is 1.10 bits per heavy atom. The lowest BCUT2D eigenvalue weighted by molar-refractivity contribution is 0.296. The summed E-state index contributed by atoms with van der Waals surface area (Å²) in [6.45, 7) is -1.11. The molecule has 6 heteroatoms. The molecule has 21 heavy (non-hydrogen) atoms. The van der Waals surface area contributed by atoms with Gasteiger partial charge in [0.15, 0.2) is 0 Å². The summed E-state index contributed by atoms with van der Waals surface area (Å²) in [6, 6.07) is 16.5. The van der Waals surface area contributed by atoms with Crippen molar-refractivity contribution in [3.63, 3.8) is 0 Å². The molecule has 0 saturated heterocycles. The van der Waals surface area contributed by atoms with Crippen molar-refractivity contribution in [2.24, 2.45) is 0 Å². The quantitative estimate of drug-likeness (QED) is 0.596. The first kappa shape index (κ1) is 16.4. The van der Waals surface area contributed by atoms with Gasteiger partial charge in [0.1, 0.15) is 5.75 Å². The van der Waals surface area contributed by atoms with E-state index in [1.807, 2.05) is 30.3 Å². The van der Waals surface area contributed by atoms with Crippen LogP contribution in [0.4, 0.5) is 0 Å². The van der Waals surface area contributed by atoms with Crippen LogP contribution in [0.2, 0.25) is 5.02 Å². The van der Waals surface area contributed by atoms with Gasteiger partial charge in [-0.05, 0) is 48.1 Å². The van der Waals surface area contributed by atoms with Gasteiger partial charge < -0.3 is 4.52 Å². The van der Waals surface area contributed by atoms with Crippen LogP contribution in [0, 0.1) is 0 Å². The predicted molar refractivity (Wildman–Crippen MR) is 89.0 cm³/mol. The Morgan fingerprint density at radius 3 is 2.38 bits per heavy atom. The van der Waals surface area contributed by atoms with Crippen molar-refractivity contribution in [1.82, 2.24) is 0 Å². The van der Waals surface area contributed by atoms with Gasteiger partial charge in [0, 0.05) is 10.8 Å². The molecular formula is C15H16ClO3PS. The fourth-order valence-electron chi connectivity index (χ4n) is 1.59. The Labute approximate surface area is 133 Å². The monoisotopic (exact) mass is 342 g/mol. The molecule has 2 aromatic carbocycles. The van der Waals surface area contributed by atoms with Gasteiger partial charge in [0.05, 0.1) is 6.61 Å². The Kier molecular flexibility index (Phi) is 6.19. The Morgan fingerprint density at radius 2 is 1.76 bits per heavy atom. The number of halogens is 1. The van der Waals surface area contributed by atoms with Gasteiger partial charge in [0.2, 0.25) is 0 Å². The number of hydrogen-bond donors (Lipinski definition) is 0. The van der Waals surface area contributed by atoms with Crippen molar-refractivity contribution in [3.8, 4) is 5.75 Å². The minimum Gasteiger partial charge on any atom is -0.417 e. The fourth-order valence-corrected chi connectivity index (χ4v) is 4.97. The molecule has 3 nitrogen and oxygen atoms in total. The van der Waals surface area contributed by atoms with E-state index in [-0.39, 0.29) is 0 Å². The first-order valence-corrected chi connectivity index (χ1v) is 10.0. The van der Waals surface area contributed by atoms with Gasteiger partial charge in [-0.3, -0.25) is 4.52 Å². The Hall–Kier alpha value is -0.930. The van der Waals surface area contributed by atoms with Gasteiger partial charge in [-0.15, -0.1) is 0 Å². The van der Waals surface area contributed by atoms with E-state index >= 15 is 0 Å². The van der Waals surface area contributed by atoms with Gasteiger partial charge >= 0.3 is 6.80 Å². The molecule has 0 fully saturated rings. The molecule has 0 aromatic heterocycles. The summed E-state index contributed by atoms with van der Waals surface area (Å²) in [4.78, 5) is 0. The molecule has 0 saturated carbocycles. The molecule has 2 aromatic rings. The van der Waals surface area contributed by atoms with Gasteiger partial charge in [0.25, 0.3) is 0 Å². The molecule has 0 N–H and O–H groups in total. The van der Waals surface area contributed by atoms with Gasteiger partial charge in [-0.25, -0.2) is 4.57 Å². The summed E-state index contributed by atoms with van der Waals surface area (Å²) < 4.78 is 23.6. The van der Waals surface area contributed by atoms with Crippen molar-refractivity contribution in [2.45, 2.75) is 12.7 Å². The topological polar surface area (TPSA) is 35.5 Å². The maximum absolute atomic E-state index is 12.7. The molecule has 112 valence electrons. The highest BCUT2D eigenvalue weighted by Crippen LogP contribution is 2.61. The molecule has 0 aliphatic heterocycles. The van der Waals surface area contributed by atoms with Crippen molar-refractivity contribution >= 4 is 29.8 Å². The summed E-state index contributed by atoms with van der Waals surface area (Å²) >= 11 is 7.02. The molecule has 0 aliphatic rings. The summed E-state index contributed by atoms with van der Waals surface area (Å²) in [5.74, 6) is 1.07. The minimum absolute atomic E-state index is 0.331. The molecule has 1 unspecified atom stereocenters. The van der Waals surface area contributed by atoms with Crippen molar-refractivity contribution < 1.29 is 13.6 Å². The zero-order chi connectivity index (χ0) is 15.1. The lowest BCUT2D eigenvalue weighted by atomic mass is 10.2. The summed E-state index contributed by atoms with van der Waals surface area (Å²) in [5, 5.41) is 0.678. The second kappa shape index (κ2) is 7.90. The summed E-state index contributed by atoms with van der Waals surface area (Å²) in [6.07, 6.45) is 0.